The van der Waals surface area contributed by atoms with E-state index in [4.69, 9.17) is 4.74 Å². The lowest BCUT2D eigenvalue weighted by Crippen LogP contribution is -2.33. The molecule has 0 aliphatic rings. The molecular weight excluding hydrogens is 388 g/mol. The molecule has 128 valence electrons. The lowest BCUT2D eigenvalue weighted by atomic mass is 10.1. The van der Waals surface area contributed by atoms with Crippen LogP contribution in [0.5, 0.6) is 5.75 Å². The molecule has 0 aliphatic heterocycles. The summed E-state index contributed by atoms with van der Waals surface area (Å²) in [5.74, 6) is 0.711. The van der Waals surface area contributed by atoms with Crippen molar-refractivity contribution in [3.63, 3.8) is 0 Å². The van der Waals surface area contributed by atoms with Gasteiger partial charge in [0.15, 0.2) is 0 Å². The Labute approximate surface area is 155 Å². The van der Waals surface area contributed by atoms with Gasteiger partial charge in [-0.05, 0) is 65.9 Å². The van der Waals surface area contributed by atoms with E-state index < -0.39 is 0 Å². The van der Waals surface area contributed by atoms with Gasteiger partial charge in [-0.3, -0.25) is 4.79 Å². The standard InChI is InChI=1S/C18H21BrN2O2S/c1-21(2)16(13-5-4-6-14(11-13)23-3)12-20-18(22)10-8-15-7-9-17(19)24-15/h4-11,16H,12H2,1-3H3,(H,20,22)/b10-8+. The van der Waals surface area contributed by atoms with Crippen molar-refractivity contribution in [1.82, 2.24) is 10.2 Å². The van der Waals surface area contributed by atoms with Crippen molar-refractivity contribution < 1.29 is 9.53 Å². The normalized spacial score (nSPS) is 12.5. The second-order valence-electron chi connectivity index (χ2n) is 5.48. The van der Waals surface area contributed by atoms with Crippen molar-refractivity contribution in [3.05, 3.63) is 56.7 Å². The largest absolute Gasteiger partial charge is 0.497 e. The van der Waals surface area contributed by atoms with Crippen LogP contribution in [0.25, 0.3) is 6.08 Å². The summed E-state index contributed by atoms with van der Waals surface area (Å²) >= 11 is 5.00. The number of hydrogen-bond donors (Lipinski definition) is 1. The summed E-state index contributed by atoms with van der Waals surface area (Å²) in [4.78, 5) is 15.2. The van der Waals surface area contributed by atoms with E-state index in [1.54, 1.807) is 24.5 Å². The molecule has 2 aromatic rings. The Kier molecular flexibility index (Phi) is 7.02. The summed E-state index contributed by atoms with van der Waals surface area (Å²) in [5, 5.41) is 2.96. The third-order valence-electron chi connectivity index (χ3n) is 3.56. The number of nitrogens with zero attached hydrogens (tertiary/aromatic N) is 1. The lowest BCUT2D eigenvalue weighted by molar-refractivity contribution is -0.116. The summed E-state index contributed by atoms with van der Waals surface area (Å²) < 4.78 is 6.33. The zero-order valence-corrected chi connectivity index (χ0v) is 16.4. The number of ether oxygens (including phenoxy) is 1. The Hall–Kier alpha value is -1.63. The molecule has 24 heavy (non-hydrogen) atoms. The predicted molar refractivity (Wildman–Crippen MR) is 103 cm³/mol. The van der Waals surface area contributed by atoms with Gasteiger partial charge in [0.1, 0.15) is 5.75 Å². The fraction of sp³-hybridized carbons (Fsp3) is 0.278. The number of benzene rings is 1. The van der Waals surface area contributed by atoms with Crippen LogP contribution in [0.15, 0.2) is 46.3 Å². The van der Waals surface area contributed by atoms with E-state index in [0.717, 1.165) is 20.0 Å². The minimum atomic E-state index is -0.103. The maximum absolute atomic E-state index is 12.1. The molecule has 0 aliphatic carbocycles. The van der Waals surface area contributed by atoms with Crippen molar-refractivity contribution in [2.75, 3.05) is 27.7 Å². The second kappa shape index (κ2) is 9.01. The van der Waals surface area contributed by atoms with Crippen LogP contribution in [0, 0.1) is 0 Å². The van der Waals surface area contributed by atoms with E-state index in [9.17, 15) is 4.79 Å². The Morgan fingerprint density at radius 1 is 1.38 bits per heavy atom. The number of hydrogen-bond acceptors (Lipinski definition) is 4. The summed E-state index contributed by atoms with van der Waals surface area (Å²) in [6.07, 6.45) is 3.39. The van der Waals surface area contributed by atoms with Gasteiger partial charge in [-0.25, -0.2) is 0 Å². The zero-order valence-electron chi connectivity index (χ0n) is 14.0. The molecule has 1 amide bonds. The lowest BCUT2D eigenvalue weighted by Gasteiger charge is -2.25. The fourth-order valence-corrected chi connectivity index (χ4v) is 3.61. The number of carbonyl (C=O) groups is 1. The molecule has 2 rings (SSSR count). The van der Waals surface area contributed by atoms with Gasteiger partial charge < -0.3 is 15.0 Å². The number of rotatable bonds is 7. The average molecular weight is 409 g/mol. The first-order chi connectivity index (χ1) is 11.5. The zero-order chi connectivity index (χ0) is 17.5. The SMILES string of the molecule is COc1cccc(C(CNC(=O)/C=C/c2ccc(Br)s2)N(C)C)c1. The summed E-state index contributed by atoms with van der Waals surface area (Å²) in [6, 6.07) is 11.9. The van der Waals surface area contributed by atoms with E-state index >= 15 is 0 Å². The average Bonchev–Trinajstić information content (AvgIpc) is 2.98. The van der Waals surface area contributed by atoms with Crippen molar-refractivity contribution in [3.8, 4) is 5.75 Å². The van der Waals surface area contributed by atoms with Crippen LogP contribution in [0.3, 0.4) is 0 Å². The van der Waals surface area contributed by atoms with Crippen molar-refractivity contribution in [2.45, 2.75) is 6.04 Å². The number of nitrogens with one attached hydrogen (secondary N) is 1. The molecule has 6 heteroatoms. The Morgan fingerprint density at radius 2 is 2.17 bits per heavy atom. The highest BCUT2D eigenvalue weighted by Gasteiger charge is 2.15. The molecule has 1 unspecified atom stereocenters. The fourth-order valence-electron chi connectivity index (χ4n) is 2.28. The van der Waals surface area contributed by atoms with Gasteiger partial charge in [0.2, 0.25) is 5.91 Å². The topological polar surface area (TPSA) is 41.6 Å². The van der Waals surface area contributed by atoms with E-state index in [1.165, 1.54) is 0 Å². The molecule has 0 saturated heterocycles. The van der Waals surface area contributed by atoms with Gasteiger partial charge in [0.25, 0.3) is 0 Å². The van der Waals surface area contributed by atoms with Gasteiger partial charge in [-0.1, -0.05) is 12.1 Å². The number of thiophene rings is 1. The van der Waals surface area contributed by atoms with Crippen molar-refractivity contribution >= 4 is 39.2 Å². The predicted octanol–water partition coefficient (Wildman–Crippen LogP) is 3.95. The monoisotopic (exact) mass is 408 g/mol. The molecule has 1 aromatic carbocycles. The van der Waals surface area contributed by atoms with E-state index in [0.29, 0.717) is 6.54 Å². The van der Waals surface area contributed by atoms with E-state index in [1.807, 2.05) is 56.6 Å². The quantitative estimate of drug-likeness (QED) is 0.705. The highest BCUT2D eigenvalue weighted by atomic mass is 79.9. The van der Waals surface area contributed by atoms with Crippen LogP contribution in [-0.2, 0) is 4.79 Å². The third kappa shape index (κ3) is 5.47. The molecule has 1 N–H and O–H groups in total. The maximum atomic E-state index is 12.1. The van der Waals surface area contributed by atoms with Crippen LogP contribution in [0.4, 0.5) is 0 Å². The maximum Gasteiger partial charge on any atom is 0.244 e. The summed E-state index contributed by atoms with van der Waals surface area (Å²) in [6.45, 7) is 0.525. The summed E-state index contributed by atoms with van der Waals surface area (Å²) in [5.41, 5.74) is 1.10. The van der Waals surface area contributed by atoms with Crippen LogP contribution in [0.1, 0.15) is 16.5 Å². The smallest absolute Gasteiger partial charge is 0.244 e. The van der Waals surface area contributed by atoms with Gasteiger partial charge in [-0.15, -0.1) is 11.3 Å². The number of carbonyl (C=O) groups excluding carboxylic acids is 1. The van der Waals surface area contributed by atoms with Crippen LogP contribution in [-0.4, -0.2) is 38.6 Å². The molecule has 0 bridgehead atoms. The van der Waals surface area contributed by atoms with Crippen molar-refractivity contribution in [2.24, 2.45) is 0 Å². The number of halogens is 1. The van der Waals surface area contributed by atoms with Gasteiger partial charge >= 0.3 is 0 Å². The Morgan fingerprint density at radius 3 is 2.79 bits per heavy atom. The molecule has 0 spiro atoms. The first-order valence-electron chi connectivity index (χ1n) is 7.51. The molecule has 1 heterocycles. The molecule has 0 fully saturated rings. The first kappa shape index (κ1) is 18.7. The molecule has 1 atom stereocenters. The minimum absolute atomic E-state index is 0.0772. The molecule has 1 aromatic heterocycles. The first-order valence-corrected chi connectivity index (χ1v) is 9.12. The van der Waals surface area contributed by atoms with Crippen molar-refractivity contribution in [1.29, 1.82) is 0 Å². The summed E-state index contributed by atoms with van der Waals surface area (Å²) in [7, 11) is 5.64. The van der Waals surface area contributed by atoms with Gasteiger partial charge in [0, 0.05) is 17.5 Å². The third-order valence-corrected chi connectivity index (χ3v) is 5.15. The second-order valence-corrected chi connectivity index (χ2v) is 7.97. The number of amides is 1. The highest BCUT2D eigenvalue weighted by Crippen LogP contribution is 2.23. The van der Waals surface area contributed by atoms with Crippen LogP contribution >= 0.6 is 27.3 Å². The van der Waals surface area contributed by atoms with Crippen LogP contribution in [0.2, 0.25) is 0 Å². The number of methoxy groups -OCH3 is 1. The van der Waals surface area contributed by atoms with Crippen LogP contribution < -0.4 is 10.1 Å². The number of likely N-dealkylation sites (N-methyl/N-ethyl adjacent to an activating group) is 1. The minimum Gasteiger partial charge on any atom is -0.497 e. The van der Waals surface area contributed by atoms with Gasteiger partial charge in [0.05, 0.1) is 16.9 Å². The highest BCUT2D eigenvalue weighted by molar-refractivity contribution is 9.11. The Bertz CT molecular complexity index is 713. The molecular formula is C18H21BrN2O2S. The molecule has 0 radical (unpaired) electrons. The Balaban J connectivity index is 1.98. The van der Waals surface area contributed by atoms with Gasteiger partial charge in [-0.2, -0.15) is 0 Å². The van der Waals surface area contributed by atoms with E-state index in [-0.39, 0.29) is 11.9 Å². The van der Waals surface area contributed by atoms with E-state index in [2.05, 4.69) is 26.1 Å². The molecule has 4 nitrogen and oxygen atoms in total. The molecule has 0 saturated carbocycles.